The van der Waals surface area contributed by atoms with E-state index >= 15 is 0 Å². The first-order valence-corrected chi connectivity index (χ1v) is 10.4. The smallest absolute Gasteiger partial charge is 0.116 e. The summed E-state index contributed by atoms with van der Waals surface area (Å²) in [6.45, 7) is 17.3. The zero-order valence-electron chi connectivity index (χ0n) is 19.4. The molecule has 0 aliphatic heterocycles. The lowest BCUT2D eigenvalue weighted by atomic mass is 9.86. The molecule has 4 nitrogen and oxygen atoms in total. The van der Waals surface area contributed by atoms with Gasteiger partial charge in [-0.3, -0.25) is 9.97 Å². The summed E-state index contributed by atoms with van der Waals surface area (Å²) in [6, 6.07) is 12.5. The highest BCUT2D eigenvalue weighted by Gasteiger charge is 2.16. The van der Waals surface area contributed by atoms with Gasteiger partial charge in [0.15, 0.2) is 0 Å². The Bertz CT molecular complexity index is 1090. The van der Waals surface area contributed by atoms with Crippen LogP contribution in [0.1, 0.15) is 71.5 Å². The van der Waals surface area contributed by atoms with Gasteiger partial charge in [-0.05, 0) is 60.7 Å². The Morgan fingerprint density at radius 2 is 1.39 bits per heavy atom. The van der Waals surface area contributed by atoms with Crippen LogP contribution in [0.25, 0.3) is 21.9 Å². The second kappa shape index (κ2) is 9.09. The average molecular weight is 417 g/mol. The fourth-order valence-electron chi connectivity index (χ4n) is 3.22. The summed E-state index contributed by atoms with van der Waals surface area (Å²) in [4.78, 5) is 17.5. The third-order valence-corrected chi connectivity index (χ3v) is 5.25. The topological polar surface area (TPSA) is 51.6 Å². The molecule has 0 amide bonds. The number of hydrogen-bond donors (Lipinski definition) is 0. The van der Waals surface area contributed by atoms with Crippen molar-refractivity contribution >= 4 is 21.9 Å². The van der Waals surface area contributed by atoms with Crippen LogP contribution in [0.15, 0.2) is 48.9 Å². The Hall–Kier alpha value is -2.88. The first-order chi connectivity index (χ1) is 14.0. The maximum atomic E-state index is 4.68. The van der Waals surface area contributed by atoms with Crippen molar-refractivity contribution in [3.8, 4) is 0 Å². The van der Waals surface area contributed by atoms with Gasteiger partial charge in [-0.2, -0.15) is 0 Å². The van der Waals surface area contributed by atoms with Crippen LogP contribution >= 0.6 is 0 Å². The Morgan fingerprint density at radius 3 is 2.03 bits per heavy atom. The van der Waals surface area contributed by atoms with Crippen molar-refractivity contribution in [2.24, 2.45) is 0 Å². The molecule has 0 aliphatic rings. The molecule has 31 heavy (non-hydrogen) atoms. The Morgan fingerprint density at radius 1 is 0.710 bits per heavy atom. The molecule has 1 aromatic carbocycles. The molecule has 164 valence electrons. The molecule has 4 heteroatoms. The summed E-state index contributed by atoms with van der Waals surface area (Å²) >= 11 is 0. The number of pyridine rings is 2. The number of nitrogens with zero attached hydrogens (tertiary/aromatic N) is 4. The normalized spacial score (nSPS) is 11.6. The highest BCUT2D eigenvalue weighted by molar-refractivity contribution is 5.81. The fraction of sp³-hybridized carbons (Fsp3) is 0.407. The minimum atomic E-state index is 0. The molecule has 0 saturated carbocycles. The van der Waals surface area contributed by atoms with Gasteiger partial charge < -0.3 is 0 Å². The van der Waals surface area contributed by atoms with Crippen LogP contribution in [0.4, 0.5) is 0 Å². The number of aryl methyl sites for hydroxylation is 2. The average Bonchev–Trinajstić information content (AvgIpc) is 2.67. The van der Waals surface area contributed by atoms with Gasteiger partial charge in [-0.15, -0.1) is 0 Å². The maximum Gasteiger partial charge on any atom is 0.116 e. The molecule has 0 spiro atoms. The summed E-state index contributed by atoms with van der Waals surface area (Å²) in [6.07, 6.45) is 3.45. The van der Waals surface area contributed by atoms with Gasteiger partial charge in [0.1, 0.15) is 6.33 Å². The van der Waals surface area contributed by atoms with Crippen LogP contribution in [-0.2, 0) is 10.8 Å². The lowest BCUT2D eigenvalue weighted by molar-refractivity contribution is 0.571. The molecule has 0 N–H and O–H groups in total. The maximum absolute atomic E-state index is 4.68. The number of hydrogen-bond acceptors (Lipinski definition) is 4. The van der Waals surface area contributed by atoms with Crippen LogP contribution < -0.4 is 0 Å². The van der Waals surface area contributed by atoms with E-state index in [0.717, 1.165) is 33.3 Å². The van der Waals surface area contributed by atoms with Crippen molar-refractivity contribution in [1.82, 2.24) is 19.9 Å². The molecule has 0 unspecified atom stereocenters. The standard InChI is InChI=1S/2C13H16N2.CH4/c1-9-11-7-10(13(2,3)4)5-6-12(11)15-8-14-9;1-9-7-8-14-10-5-6-11(13(2,3)4)15-12(9)10;/h2*5-8H,1-4H3;1H4. The van der Waals surface area contributed by atoms with Gasteiger partial charge in [0.2, 0.25) is 0 Å². The van der Waals surface area contributed by atoms with Gasteiger partial charge in [0.25, 0.3) is 0 Å². The third kappa shape index (κ3) is 5.63. The Labute approximate surface area is 187 Å². The summed E-state index contributed by atoms with van der Waals surface area (Å²) < 4.78 is 0. The van der Waals surface area contributed by atoms with Crippen molar-refractivity contribution in [3.05, 3.63) is 71.4 Å². The molecule has 4 rings (SSSR count). The van der Waals surface area contributed by atoms with E-state index in [4.69, 9.17) is 0 Å². The van der Waals surface area contributed by atoms with Gasteiger partial charge >= 0.3 is 0 Å². The van der Waals surface area contributed by atoms with Crippen molar-refractivity contribution in [2.45, 2.75) is 73.6 Å². The zero-order valence-corrected chi connectivity index (χ0v) is 19.4. The first-order valence-electron chi connectivity index (χ1n) is 10.4. The predicted molar refractivity (Wildman–Crippen MR) is 133 cm³/mol. The Kier molecular flexibility index (Phi) is 7.15. The zero-order chi connectivity index (χ0) is 22.1. The van der Waals surface area contributed by atoms with Gasteiger partial charge in [0, 0.05) is 28.4 Å². The molecule has 0 atom stereocenters. The SMILES string of the molecule is C.Cc1ccnc2ccc(C(C)(C)C)nc12.Cc1ncnc2ccc(C(C)(C)C)cc12. The van der Waals surface area contributed by atoms with Crippen LogP contribution in [0.3, 0.4) is 0 Å². The summed E-state index contributed by atoms with van der Waals surface area (Å²) in [7, 11) is 0. The molecule has 0 aliphatic carbocycles. The van der Waals surface area contributed by atoms with E-state index in [-0.39, 0.29) is 18.3 Å². The molecule has 0 fully saturated rings. The van der Waals surface area contributed by atoms with E-state index in [1.807, 2.05) is 19.2 Å². The van der Waals surface area contributed by atoms with Gasteiger partial charge in [-0.25, -0.2) is 9.97 Å². The fourth-order valence-corrected chi connectivity index (χ4v) is 3.22. The number of fused-ring (bicyclic) bond motifs is 2. The molecule has 3 heterocycles. The van der Waals surface area contributed by atoms with Crippen LogP contribution in [0, 0.1) is 13.8 Å². The molecule has 4 aromatic rings. The predicted octanol–water partition coefficient (Wildman–Crippen LogP) is 7.11. The quantitative estimate of drug-likeness (QED) is 0.306. The second-order valence-corrected chi connectivity index (χ2v) is 9.88. The summed E-state index contributed by atoms with van der Waals surface area (Å²) in [5, 5.41) is 1.16. The Balaban J connectivity index is 0.000000213. The number of rotatable bonds is 0. The lowest BCUT2D eigenvalue weighted by Gasteiger charge is -2.19. The first kappa shape index (κ1) is 24.4. The second-order valence-electron chi connectivity index (χ2n) is 9.88. The molecular weight excluding hydrogens is 380 g/mol. The largest absolute Gasteiger partial charge is 0.255 e. The van der Waals surface area contributed by atoms with Crippen LogP contribution in [-0.4, -0.2) is 19.9 Å². The van der Waals surface area contributed by atoms with E-state index in [2.05, 4.69) is 98.7 Å². The van der Waals surface area contributed by atoms with E-state index in [1.165, 1.54) is 11.1 Å². The van der Waals surface area contributed by atoms with Crippen LogP contribution in [0.2, 0.25) is 0 Å². The molecule has 0 saturated heterocycles. The monoisotopic (exact) mass is 416 g/mol. The highest BCUT2D eigenvalue weighted by atomic mass is 14.8. The van der Waals surface area contributed by atoms with Crippen LogP contribution in [0.5, 0.6) is 0 Å². The highest BCUT2D eigenvalue weighted by Crippen LogP contribution is 2.26. The minimum absolute atomic E-state index is 0. The van der Waals surface area contributed by atoms with Gasteiger partial charge in [0.05, 0.1) is 16.6 Å². The molecule has 3 aromatic heterocycles. The molecular formula is C27H36N4. The van der Waals surface area contributed by atoms with Crippen molar-refractivity contribution in [2.75, 3.05) is 0 Å². The number of aromatic nitrogens is 4. The summed E-state index contributed by atoms with van der Waals surface area (Å²) in [5.41, 5.74) is 7.96. The van der Waals surface area contributed by atoms with Crippen molar-refractivity contribution < 1.29 is 0 Å². The van der Waals surface area contributed by atoms with E-state index in [9.17, 15) is 0 Å². The van der Waals surface area contributed by atoms with E-state index in [1.54, 1.807) is 6.33 Å². The lowest BCUT2D eigenvalue weighted by Crippen LogP contribution is -2.13. The molecule has 0 radical (unpaired) electrons. The van der Waals surface area contributed by atoms with Crippen molar-refractivity contribution in [1.29, 1.82) is 0 Å². The van der Waals surface area contributed by atoms with E-state index in [0.29, 0.717) is 0 Å². The van der Waals surface area contributed by atoms with E-state index < -0.39 is 0 Å². The third-order valence-electron chi connectivity index (χ3n) is 5.25. The summed E-state index contributed by atoms with van der Waals surface area (Å²) in [5.74, 6) is 0. The number of benzene rings is 1. The minimum Gasteiger partial charge on any atom is -0.255 e. The molecule has 0 bridgehead atoms. The van der Waals surface area contributed by atoms with Gasteiger partial charge in [-0.1, -0.05) is 55.0 Å². The van der Waals surface area contributed by atoms with Crippen molar-refractivity contribution in [3.63, 3.8) is 0 Å².